The van der Waals surface area contributed by atoms with Crippen LogP contribution in [-0.4, -0.2) is 33.5 Å². The van der Waals surface area contributed by atoms with Gasteiger partial charge in [0, 0.05) is 12.1 Å². The Labute approximate surface area is 105 Å². The number of rotatable bonds is 5. The van der Waals surface area contributed by atoms with E-state index in [4.69, 9.17) is 25.7 Å². The van der Waals surface area contributed by atoms with Crippen molar-refractivity contribution in [2.45, 2.75) is 0 Å². The molecule has 4 N–H and O–H groups in total. The Hall–Kier alpha value is -2.44. The summed E-state index contributed by atoms with van der Waals surface area (Å²) in [7, 11) is 4.62. The van der Waals surface area contributed by atoms with Crippen molar-refractivity contribution >= 4 is 12.2 Å². The van der Waals surface area contributed by atoms with Crippen molar-refractivity contribution in [2.24, 2.45) is 21.7 Å². The molecule has 0 radical (unpaired) electrons. The molecular weight excluding hydrogens is 236 g/mol. The van der Waals surface area contributed by atoms with Crippen molar-refractivity contribution in [3.63, 3.8) is 0 Å². The predicted molar refractivity (Wildman–Crippen MR) is 69.5 cm³/mol. The minimum Gasteiger partial charge on any atom is -0.496 e. The summed E-state index contributed by atoms with van der Waals surface area (Å²) in [6, 6.07) is 3.42. The lowest BCUT2D eigenvalue weighted by molar-refractivity contribution is 0.374. The van der Waals surface area contributed by atoms with Gasteiger partial charge in [-0.2, -0.15) is 5.10 Å². The van der Waals surface area contributed by atoms with Crippen molar-refractivity contribution in [3.8, 4) is 17.2 Å². The van der Waals surface area contributed by atoms with Crippen molar-refractivity contribution in [1.82, 2.24) is 0 Å². The van der Waals surface area contributed by atoms with Gasteiger partial charge in [0.1, 0.15) is 17.2 Å². The first-order valence-electron chi connectivity index (χ1n) is 5.04. The van der Waals surface area contributed by atoms with Gasteiger partial charge in [0.15, 0.2) is 0 Å². The number of hydrogen-bond donors (Lipinski definition) is 2. The lowest BCUT2D eigenvalue weighted by Gasteiger charge is -2.11. The fourth-order valence-corrected chi connectivity index (χ4v) is 1.31. The molecule has 0 aliphatic heterocycles. The molecule has 1 rings (SSSR count). The zero-order valence-corrected chi connectivity index (χ0v) is 10.5. The molecule has 7 nitrogen and oxygen atoms in total. The first kappa shape index (κ1) is 13.6. The fourth-order valence-electron chi connectivity index (χ4n) is 1.31. The monoisotopic (exact) mass is 252 g/mol. The summed E-state index contributed by atoms with van der Waals surface area (Å²) in [6.07, 6.45) is 1.44. The minimum absolute atomic E-state index is 0.127. The van der Waals surface area contributed by atoms with Crippen molar-refractivity contribution < 1.29 is 14.2 Å². The van der Waals surface area contributed by atoms with E-state index in [1.165, 1.54) is 20.4 Å². The Kier molecular flexibility index (Phi) is 4.79. The third-order valence-electron chi connectivity index (χ3n) is 2.11. The van der Waals surface area contributed by atoms with E-state index in [9.17, 15) is 0 Å². The normalized spacial score (nSPS) is 10.2. The van der Waals surface area contributed by atoms with Crippen LogP contribution in [0.4, 0.5) is 0 Å². The summed E-state index contributed by atoms with van der Waals surface area (Å²) in [5.74, 6) is 1.57. The van der Waals surface area contributed by atoms with Gasteiger partial charge in [-0.3, -0.25) is 0 Å². The number of guanidine groups is 1. The van der Waals surface area contributed by atoms with Crippen LogP contribution in [0.25, 0.3) is 0 Å². The quantitative estimate of drug-likeness (QED) is 0.446. The van der Waals surface area contributed by atoms with Crippen LogP contribution >= 0.6 is 0 Å². The predicted octanol–water partition coefficient (Wildman–Crippen LogP) is 0.320. The van der Waals surface area contributed by atoms with Gasteiger partial charge in [-0.1, -0.05) is 0 Å². The van der Waals surface area contributed by atoms with Crippen LogP contribution in [0.2, 0.25) is 0 Å². The molecule has 0 atom stereocenters. The SMILES string of the molecule is COc1cc(OC)c(/C=N/N=C(N)N)c(OC)c1. The second-order valence-corrected chi connectivity index (χ2v) is 3.22. The van der Waals surface area contributed by atoms with E-state index in [-0.39, 0.29) is 5.96 Å². The van der Waals surface area contributed by atoms with Gasteiger partial charge in [-0.15, -0.1) is 5.10 Å². The molecule has 0 unspecified atom stereocenters. The van der Waals surface area contributed by atoms with Gasteiger partial charge >= 0.3 is 0 Å². The van der Waals surface area contributed by atoms with Gasteiger partial charge in [0.2, 0.25) is 5.96 Å². The Morgan fingerprint density at radius 3 is 2.00 bits per heavy atom. The molecule has 0 aromatic heterocycles. The molecule has 18 heavy (non-hydrogen) atoms. The second-order valence-electron chi connectivity index (χ2n) is 3.22. The summed E-state index contributed by atoms with van der Waals surface area (Å²) in [5, 5.41) is 7.24. The van der Waals surface area contributed by atoms with Crippen molar-refractivity contribution in [2.75, 3.05) is 21.3 Å². The topological polar surface area (TPSA) is 104 Å². The van der Waals surface area contributed by atoms with E-state index < -0.39 is 0 Å². The van der Waals surface area contributed by atoms with Crippen molar-refractivity contribution in [1.29, 1.82) is 0 Å². The molecule has 7 heteroatoms. The van der Waals surface area contributed by atoms with Crippen LogP contribution in [0.1, 0.15) is 5.56 Å². The van der Waals surface area contributed by atoms with Crippen LogP contribution < -0.4 is 25.7 Å². The maximum absolute atomic E-state index is 5.23. The second kappa shape index (κ2) is 6.33. The van der Waals surface area contributed by atoms with Crippen LogP contribution in [0.15, 0.2) is 22.3 Å². The molecule has 98 valence electrons. The van der Waals surface area contributed by atoms with Crippen LogP contribution in [-0.2, 0) is 0 Å². The molecule has 0 aliphatic rings. The average Bonchev–Trinajstić information content (AvgIpc) is 2.37. The molecule has 0 heterocycles. The highest BCUT2D eigenvalue weighted by Crippen LogP contribution is 2.32. The van der Waals surface area contributed by atoms with Gasteiger partial charge in [-0.05, 0) is 0 Å². The molecular formula is C11H16N4O3. The standard InChI is InChI=1S/C11H16N4O3/c1-16-7-4-9(17-2)8(10(5-7)18-3)6-14-15-11(12)13/h4-6H,1-3H3,(H4,12,13,15)/b14-6+. The molecule has 0 saturated carbocycles. The van der Waals surface area contributed by atoms with Gasteiger partial charge < -0.3 is 25.7 Å². The Balaban J connectivity index is 3.22. The number of benzene rings is 1. The summed E-state index contributed by atoms with van der Waals surface area (Å²) in [6.45, 7) is 0. The smallest absolute Gasteiger partial charge is 0.211 e. The maximum atomic E-state index is 5.23. The van der Waals surface area contributed by atoms with E-state index >= 15 is 0 Å². The zero-order valence-electron chi connectivity index (χ0n) is 10.5. The van der Waals surface area contributed by atoms with E-state index in [1.807, 2.05) is 0 Å². The lowest BCUT2D eigenvalue weighted by Crippen LogP contribution is -2.21. The highest BCUT2D eigenvalue weighted by atomic mass is 16.5. The average molecular weight is 252 g/mol. The van der Waals surface area contributed by atoms with E-state index in [2.05, 4.69) is 10.2 Å². The summed E-state index contributed by atoms with van der Waals surface area (Å²) in [5.41, 5.74) is 11.0. The number of methoxy groups -OCH3 is 3. The molecule has 1 aromatic rings. The Morgan fingerprint density at radius 1 is 1.06 bits per heavy atom. The van der Waals surface area contributed by atoms with Gasteiger partial charge in [-0.25, -0.2) is 0 Å². The van der Waals surface area contributed by atoms with Crippen LogP contribution in [0.3, 0.4) is 0 Å². The zero-order chi connectivity index (χ0) is 13.5. The number of ether oxygens (including phenoxy) is 3. The van der Waals surface area contributed by atoms with E-state index in [0.29, 0.717) is 22.8 Å². The minimum atomic E-state index is -0.127. The Bertz CT molecular complexity index is 442. The first-order valence-corrected chi connectivity index (χ1v) is 5.04. The molecule has 0 bridgehead atoms. The van der Waals surface area contributed by atoms with E-state index in [0.717, 1.165) is 0 Å². The first-order chi connectivity index (χ1) is 8.62. The summed E-state index contributed by atoms with van der Waals surface area (Å²) >= 11 is 0. The molecule has 1 aromatic carbocycles. The van der Waals surface area contributed by atoms with Crippen molar-refractivity contribution in [3.05, 3.63) is 17.7 Å². The maximum Gasteiger partial charge on any atom is 0.211 e. The molecule has 0 spiro atoms. The highest BCUT2D eigenvalue weighted by Gasteiger charge is 2.11. The highest BCUT2D eigenvalue weighted by molar-refractivity contribution is 5.88. The number of nitrogens with two attached hydrogens (primary N) is 2. The largest absolute Gasteiger partial charge is 0.496 e. The van der Waals surface area contributed by atoms with Crippen LogP contribution in [0.5, 0.6) is 17.2 Å². The number of nitrogens with zero attached hydrogens (tertiary/aromatic N) is 2. The third-order valence-corrected chi connectivity index (χ3v) is 2.11. The van der Waals surface area contributed by atoms with Gasteiger partial charge in [0.25, 0.3) is 0 Å². The molecule has 0 saturated heterocycles. The van der Waals surface area contributed by atoms with E-state index in [1.54, 1.807) is 19.2 Å². The number of hydrogen-bond acceptors (Lipinski definition) is 5. The third kappa shape index (κ3) is 3.27. The lowest BCUT2D eigenvalue weighted by atomic mass is 10.2. The Morgan fingerprint density at radius 2 is 1.61 bits per heavy atom. The fraction of sp³-hybridized carbons (Fsp3) is 0.273. The molecule has 0 fully saturated rings. The summed E-state index contributed by atoms with van der Waals surface area (Å²) < 4.78 is 15.6. The summed E-state index contributed by atoms with van der Waals surface area (Å²) in [4.78, 5) is 0. The van der Waals surface area contributed by atoms with Gasteiger partial charge in [0.05, 0.1) is 33.1 Å². The molecule has 0 aliphatic carbocycles. The van der Waals surface area contributed by atoms with Crippen LogP contribution in [0, 0.1) is 0 Å². The molecule has 0 amide bonds.